The molecule has 2 aliphatic rings. The molecule has 2 heterocycles. The molecule has 4 rings (SSSR count). The van der Waals surface area contributed by atoms with Crippen LogP contribution in [-0.4, -0.2) is 51.4 Å². The first kappa shape index (κ1) is 27.1. The van der Waals surface area contributed by atoms with Crippen LogP contribution in [0.3, 0.4) is 0 Å². The summed E-state index contributed by atoms with van der Waals surface area (Å²) in [5, 5.41) is 12.8. The molecule has 0 atom stereocenters. The number of carbonyl (C=O) groups is 2. The molecular weight excluding hydrogens is 514 g/mol. The molecule has 9 nitrogen and oxygen atoms in total. The first-order chi connectivity index (χ1) is 17.8. The highest BCUT2D eigenvalue weighted by atomic mass is 32.2. The molecule has 0 spiro atoms. The molecule has 0 radical (unpaired) electrons. The summed E-state index contributed by atoms with van der Waals surface area (Å²) in [4.78, 5) is 26.3. The Morgan fingerprint density at radius 3 is 2.49 bits per heavy atom. The Labute approximate surface area is 221 Å². The molecule has 0 unspecified atom stereocenters. The predicted molar refractivity (Wildman–Crippen MR) is 139 cm³/mol. The zero-order chi connectivity index (χ0) is 26.4. The van der Waals surface area contributed by atoms with Crippen LogP contribution in [-0.2, 0) is 32.4 Å². The maximum Gasteiger partial charge on any atom is 0.338 e. The highest BCUT2D eigenvalue weighted by Gasteiger charge is 2.29. The summed E-state index contributed by atoms with van der Waals surface area (Å²) in [6.07, 6.45) is 8.40. The number of ether oxygens (including phenoxy) is 2. The number of thiophene rings is 1. The number of nitriles is 1. The van der Waals surface area contributed by atoms with Crippen molar-refractivity contribution in [2.75, 3.05) is 32.1 Å². The van der Waals surface area contributed by atoms with Gasteiger partial charge in [-0.1, -0.05) is 19.3 Å². The summed E-state index contributed by atoms with van der Waals surface area (Å²) in [5.74, 6) is -1.25. The van der Waals surface area contributed by atoms with Crippen molar-refractivity contribution in [1.82, 2.24) is 4.31 Å². The predicted octanol–water partition coefficient (Wildman–Crippen LogP) is 4.26. The van der Waals surface area contributed by atoms with Gasteiger partial charge in [-0.2, -0.15) is 9.57 Å². The summed E-state index contributed by atoms with van der Waals surface area (Å²) < 4.78 is 38.5. The molecule has 0 saturated carbocycles. The van der Waals surface area contributed by atoms with E-state index in [0.717, 1.165) is 68.2 Å². The van der Waals surface area contributed by atoms with Crippen LogP contribution in [0.4, 0.5) is 5.00 Å². The molecule has 1 saturated heterocycles. The van der Waals surface area contributed by atoms with E-state index in [2.05, 4.69) is 11.4 Å². The second kappa shape index (κ2) is 12.1. The second-order valence-corrected chi connectivity index (χ2v) is 12.2. The largest absolute Gasteiger partial charge is 0.495 e. The number of nitrogens with one attached hydrogen (secondary N) is 1. The maximum atomic E-state index is 13.3. The Morgan fingerprint density at radius 1 is 1.08 bits per heavy atom. The van der Waals surface area contributed by atoms with E-state index in [-0.39, 0.29) is 16.2 Å². The average molecular weight is 546 g/mol. The van der Waals surface area contributed by atoms with Crippen LogP contribution in [0.1, 0.15) is 71.3 Å². The third-order valence-electron chi connectivity index (χ3n) is 6.70. The number of rotatable bonds is 7. The highest BCUT2D eigenvalue weighted by molar-refractivity contribution is 7.89. The van der Waals surface area contributed by atoms with E-state index in [1.165, 1.54) is 41.0 Å². The zero-order valence-corrected chi connectivity index (χ0v) is 22.5. The van der Waals surface area contributed by atoms with Crippen molar-refractivity contribution in [3.8, 4) is 11.8 Å². The normalized spacial score (nSPS) is 16.5. The molecule has 1 fully saturated rings. The fourth-order valence-corrected chi connectivity index (χ4v) is 7.71. The monoisotopic (exact) mass is 545 g/mol. The molecule has 198 valence electrons. The average Bonchev–Trinajstić information content (AvgIpc) is 3.12. The van der Waals surface area contributed by atoms with Gasteiger partial charge in [-0.05, 0) is 62.3 Å². The highest BCUT2D eigenvalue weighted by Crippen LogP contribution is 2.37. The van der Waals surface area contributed by atoms with Gasteiger partial charge in [-0.3, -0.25) is 4.79 Å². The lowest BCUT2D eigenvalue weighted by molar-refractivity contribution is -0.119. The minimum atomic E-state index is -3.88. The van der Waals surface area contributed by atoms with E-state index in [9.17, 15) is 23.3 Å². The van der Waals surface area contributed by atoms with Crippen LogP contribution >= 0.6 is 11.3 Å². The van der Waals surface area contributed by atoms with E-state index < -0.39 is 28.5 Å². The van der Waals surface area contributed by atoms with E-state index in [1.54, 1.807) is 0 Å². The van der Waals surface area contributed by atoms with Gasteiger partial charge in [-0.25, -0.2) is 13.2 Å². The van der Waals surface area contributed by atoms with Crippen molar-refractivity contribution in [3.05, 3.63) is 39.8 Å². The summed E-state index contributed by atoms with van der Waals surface area (Å²) in [6, 6.07) is 6.27. The number of esters is 1. The lowest BCUT2D eigenvalue weighted by atomic mass is 10.1. The number of fused-ring (bicyclic) bond motifs is 1. The van der Waals surface area contributed by atoms with Crippen molar-refractivity contribution in [2.45, 2.75) is 62.7 Å². The number of benzene rings is 1. The lowest BCUT2D eigenvalue weighted by Crippen LogP contribution is -2.32. The number of nitrogens with zero attached hydrogens (tertiary/aromatic N) is 2. The van der Waals surface area contributed by atoms with Crippen LogP contribution in [0.2, 0.25) is 0 Å². The standard InChI is InChI=1S/C26H31N3O6S2/c1-34-21-12-11-18(15-23(21)37(32,33)29-13-7-2-3-8-14-29)26(31)35-17-24(30)28-25-20(16-27)19-9-5-4-6-10-22(19)36-25/h11-12,15H,2-10,13-14,17H2,1H3,(H,28,30). The second-order valence-electron chi connectivity index (χ2n) is 9.19. The van der Waals surface area contributed by atoms with Gasteiger partial charge in [0.25, 0.3) is 5.91 Å². The van der Waals surface area contributed by atoms with Gasteiger partial charge >= 0.3 is 5.97 Å². The third kappa shape index (κ3) is 6.14. The number of amides is 1. The van der Waals surface area contributed by atoms with Gasteiger partial charge in [0, 0.05) is 18.0 Å². The number of aryl methyl sites for hydroxylation is 1. The van der Waals surface area contributed by atoms with Crippen LogP contribution in [0.5, 0.6) is 5.75 Å². The SMILES string of the molecule is COc1ccc(C(=O)OCC(=O)Nc2sc3c(c2C#N)CCCCC3)cc1S(=O)(=O)N1CCCCCC1. The lowest BCUT2D eigenvalue weighted by Gasteiger charge is -2.21. The number of methoxy groups -OCH3 is 1. The Hall–Kier alpha value is -2.94. The molecule has 1 aliphatic carbocycles. The number of carbonyl (C=O) groups excluding carboxylic acids is 2. The van der Waals surface area contributed by atoms with Crippen molar-refractivity contribution < 1.29 is 27.5 Å². The first-order valence-electron chi connectivity index (χ1n) is 12.5. The Morgan fingerprint density at radius 2 is 1.78 bits per heavy atom. The first-order valence-corrected chi connectivity index (χ1v) is 14.8. The van der Waals surface area contributed by atoms with E-state index >= 15 is 0 Å². The molecule has 1 amide bonds. The van der Waals surface area contributed by atoms with Crippen LogP contribution in [0.15, 0.2) is 23.1 Å². The van der Waals surface area contributed by atoms with Gasteiger partial charge in [0.05, 0.1) is 18.2 Å². The summed E-state index contributed by atoms with van der Waals surface area (Å²) in [6.45, 7) is 0.265. The van der Waals surface area contributed by atoms with E-state index in [1.807, 2.05) is 0 Å². The number of hydrogen-bond acceptors (Lipinski definition) is 8. The minimum absolute atomic E-state index is 0.00236. The molecule has 1 aromatic carbocycles. The van der Waals surface area contributed by atoms with Crippen molar-refractivity contribution in [1.29, 1.82) is 5.26 Å². The zero-order valence-electron chi connectivity index (χ0n) is 20.9. The third-order valence-corrected chi connectivity index (χ3v) is 9.83. The Balaban J connectivity index is 1.45. The van der Waals surface area contributed by atoms with Gasteiger partial charge in [0.2, 0.25) is 10.0 Å². The maximum absolute atomic E-state index is 13.3. The van der Waals surface area contributed by atoms with Gasteiger partial charge in [-0.15, -0.1) is 11.3 Å². The summed E-state index contributed by atoms with van der Waals surface area (Å²) >= 11 is 1.40. The van der Waals surface area contributed by atoms with Crippen molar-refractivity contribution >= 4 is 38.2 Å². The van der Waals surface area contributed by atoms with E-state index in [4.69, 9.17) is 9.47 Å². The molecule has 1 aromatic heterocycles. The number of hydrogen-bond donors (Lipinski definition) is 1. The topological polar surface area (TPSA) is 126 Å². The summed E-state index contributed by atoms with van der Waals surface area (Å²) in [7, 11) is -2.50. The molecular formula is C26H31N3O6S2. The fraction of sp³-hybridized carbons (Fsp3) is 0.500. The Bertz CT molecular complexity index is 1300. The van der Waals surface area contributed by atoms with Crippen molar-refractivity contribution in [3.63, 3.8) is 0 Å². The van der Waals surface area contributed by atoms with Crippen LogP contribution in [0.25, 0.3) is 0 Å². The van der Waals surface area contributed by atoms with Gasteiger partial charge in [0.15, 0.2) is 6.61 Å². The van der Waals surface area contributed by atoms with Gasteiger partial charge < -0.3 is 14.8 Å². The number of sulfonamides is 1. The molecule has 11 heteroatoms. The van der Waals surface area contributed by atoms with Crippen LogP contribution < -0.4 is 10.1 Å². The molecule has 1 aliphatic heterocycles. The summed E-state index contributed by atoms with van der Waals surface area (Å²) in [5.41, 5.74) is 1.50. The smallest absolute Gasteiger partial charge is 0.338 e. The fourth-order valence-electron chi connectivity index (χ4n) is 4.75. The van der Waals surface area contributed by atoms with Gasteiger partial charge in [0.1, 0.15) is 21.7 Å². The van der Waals surface area contributed by atoms with Crippen LogP contribution in [0, 0.1) is 11.3 Å². The number of anilines is 1. The minimum Gasteiger partial charge on any atom is -0.495 e. The Kier molecular flexibility index (Phi) is 8.84. The molecule has 0 bridgehead atoms. The quantitative estimate of drug-likeness (QED) is 0.407. The molecule has 1 N–H and O–H groups in total. The van der Waals surface area contributed by atoms with E-state index in [0.29, 0.717) is 23.7 Å². The molecule has 2 aromatic rings. The van der Waals surface area contributed by atoms with Crippen molar-refractivity contribution in [2.24, 2.45) is 0 Å². The molecule has 37 heavy (non-hydrogen) atoms.